The number of hydrogen-bond acceptors (Lipinski definition) is 6. The fraction of sp³-hybridized carbons (Fsp3) is 0.286. The Morgan fingerprint density at radius 3 is 2.61 bits per heavy atom. The molecule has 0 saturated carbocycles. The Hall–Kier alpha value is -3.94. The number of nitrogens with two attached hydrogens (primary N) is 1. The molecular formula is C28H31BN2O5. The minimum atomic E-state index is -0.357. The van der Waals surface area contributed by atoms with E-state index in [-0.39, 0.29) is 30.6 Å². The van der Waals surface area contributed by atoms with Crippen molar-refractivity contribution in [2.75, 3.05) is 12.3 Å². The van der Waals surface area contributed by atoms with Crippen molar-refractivity contribution in [3.05, 3.63) is 83.4 Å². The van der Waals surface area contributed by atoms with Crippen molar-refractivity contribution >= 4 is 30.5 Å². The third-order valence-corrected chi connectivity index (χ3v) is 6.26. The van der Waals surface area contributed by atoms with E-state index in [2.05, 4.69) is 12.9 Å². The van der Waals surface area contributed by atoms with Crippen LogP contribution in [0.4, 0.5) is 10.5 Å². The van der Waals surface area contributed by atoms with Crippen LogP contribution in [-0.4, -0.2) is 36.9 Å². The van der Waals surface area contributed by atoms with Crippen LogP contribution in [0.15, 0.2) is 66.7 Å². The fourth-order valence-corrected chi connectivity index (χ4v) is 4.41. The number of esters is 1. The van der Waals surface area contributed by atoms with E-state index in [4.69, 9.17) is 19.9 Å². The molecule has 1 aliphatic rings. The molecule has 2 N–H and O–H groups in total. The number of rotatable bonds is 9. The van der Waals surface area contributed by atoms with Gasteiger partial charge in [0.25, 0.3) is 0 Å². The SMILES string of the molecule is CBc1ccc(Oc2cc(N)cc(CC(=O)OCC)c2)c(CN2C(=O)O[C@H](c3ccccc3)[C@@H]2C)c1. The molecular weight excluding hydrogens is 455 g/mol. The van der Waals surface area contributed by atoms with Crippen LogP contribution in [0.25, 0.3) is 0 Å². The highest BCUT2D eigenvalue weighted by Crippen LogP contribution is 2.35. The summed E-state index contributed by atoms with van der Waals surface area (Å²) in [7, 11) is 0.849. The third kappa shape index (κ3) is 5.82. The molecule has 4 rings (SSSR count). The minimum absolute atomic E-state index is 0.106. The lowest BCUT2D eigenvalue weighted by Crippen LogP contribution is -2.32. The zero-order chi connectivity index (χ0) is 25.7. The Morgan fingerprint density at radius 1 is 1.11 bits per heavy atom. The van der Waals surface area contributed by atoms with Gasteiger partial charge in [0.15, 0.2) is 7.28 Å². The van der Waals surface area contributed by atoms with E-state index in [1.165, 1.54) is 0 Å². The van der Waals surface area contributed by atoms with Crippen molar-refractivity contribution < 1.29 is 23.8 Å². The number of amides is 1. The first kappa shape index (κ1) is 25.2. The number of hydrogen-bond donors (Lipinski definition) is 1. The number of carbonyl (C=O) groups is 2. The van der Waals surface area contributed by atoms with Gasteiger partial charge in [0.2, 0.25) is 0 Å². The molecule has 0 aliphatic carbocycles. The number of nitrogen functional groups attached to an aromatic ring is 1. The van der Waals surface area contributed by atoms with Crippen LogP contribution in [0.2, 0.25) is 6.82 Å². The summed E-state index contributed by atoms with van der Waals surface area (Å²) in [5.74, 6) is 0.804. The topological polar surface area (TPSA) is 91.1 Å². The van der Waals surface area contributed by atoms with Gasteiger partial charge >= 0.3 is 12.1 Å². The zero-order valence-electron chi connectivity index (χ0n) is 20.9. The summed E-state index contributed by atoms with van der Waals surface area (Å²) in [6, 6.07) is 20.8. The number of cyclic esters (lactones) is 1. The second-order valence-corrected chi connectivity index (χ2v) is 8.87. The number of benzene rings is 3. The maximum absolute atomic E-state index is 12.8. The molecule has 3 aromatic carbocycles. The molecule has 8 heteroatoms. The van der Waals surface area contributed by atoms with Crippen LogP contribution in [-0.2, 0) is 27.2 Å². The summed E-state index contributed by atoms with van der Waals surface area (Å²) in [4.78, 5) is 26.5. The van der Waals surface area contributed by atoms with Crippen molar-refractivity contribution in [3.8, 4) is 11.5 Å². The van der Waals surface area contributed by atoms with Crippen LogP contribution in [0.5, 0.6) is 11.5 Å². The smallest absolute Gasteiger partial charge is 0.411 e. The minimum Gasteiger partial charge on any atom is -0.466 e. The van der Waals surface area contributed by atoms with E-state index in [0.717, 1.165) is 23.9 Å². The highest BCUT2D eigenvalue weighted by atomic mass is 16.6. The summed E-state index contributed by atoms with van der Waals surface area (Å²) in [5, 5.41) is 0. The maximum Gasteiger partial charge on any atom is 0.411 e. The van der Waals surface area contributed by atoms with Gasteiger partial charge in [-0.2, -0.15) is 0 Å². The van der Waals surface area contributed by atoms with Crippen LogP contribution in [0.3, 0.4) is 0 Å². The summed E-state index contributed by atoms with van der Waals surface area (Å²) in [6.45, 7) is 6.50. The van der Waals surface area contributed by atoms with Crippen molar-refractivity contribution in [1.29, 1.82) is 0 Å². The first-order valence-corrected chi connectivity index (χ1v) is 12.2. The molecule has 186 valence electrons. The Balaban J connectivity index is 1.58. The summed E-state index contributed by atoms with van der Waals surface area (Å²) < 4.78 is 17.0. The van der Waals surface area contributed by atoms with Gasteiger partial charge in [-0.3, -0.25) is 9.69 Å². The van der Waals surface area contributed by atoms with Crippen molar-refractivity contribution in [2.24, 2.45) is 0 Å². The molecule has 1 aliphatic heterocycles. The number of carbonyl (C=O) groups excluding carboxylic acids is 2. The van der Waals surface area contributed by atoms with E-state index in [0.29, 0.717) is 35.9 Å². The molecule has 3 aromatic rings. The van der Waals surface area contributed by atoms with Gasteiger partial charge in [-0.1, -0.05) is 54.8 Å². The van der Waals surface area contributed by atoms with Crippen molar-refractivity contribution in [3.63, 3.8) is 0 Å². The normalized spacial score (nSPS) is 17.0. The van der Waals surface area contributed by atoms with Gasteiger partial charge in [0, 0.05) is 17.3 Å². The van der Waals surface area contributed by atoms with E-state index in [1.54, 1.807) is 30.0 Å². The van der Waals surface area contributed by atoms with E-state index in [9.17, 15) is 9.59 Å². The highest BCUT2D eigenvalue weighted by molar-refractivity contribution is 6.51. The van der Waals surface area contributed by atoms with Gasteiger partial charge in [0.1, 0.15) is 17.6 Å². The Morgan fingerprint density at radius 2 is 1.89 bits per heavy atom. The average molecular weight is 486 g/mol. The predicted octanol–water partition coefficient (Wildman–Crippen LogP) is 4.36. The van der Waals surface area contributed by atoms with Crippen LogP contribution in [0, 0.1) is 0 Å². The summed E-state index contributed by atoms with van der Waals surface area (Å²) >= 11 is 0. The molecule has 7 nitrogen and oxygen atoms in total. The molecule has 0 unspecified atom stereocenters. The standard InChI is InChI=1S/C28H31BN2O5/c1-4-34-26(32)14-19-12-23(30)16-24(13-19)35-25-11-10-22(29-3)15-21(25)17-31-18(2)27(36-28(31)33)20-8-6-5-7-9-20/h5-13,15-16,18,27,29H,4,14,17,30H2,1-3H3/t18-,27-/m0/s1. The van der Waals surface area contributed by atoms with E-state index < -0.39 is 0 Å². The molecule has 0 radical (unpaired) electrons. The van der Waals surface area contributed by atoms with Gasteiger partial charge in [0.05, 0.1) is 25.6 Å². The lowest BCUT2D eigenvalue weighted by atomic mass is 9.73. The monoisotopic (exact) mass is 486 g/mol. The van der Waals surface area contributed by atoms with Gasteiger partial charge in [-0.25, -0.2) is 4.79 Å². The third-order valence-electron chi connectivity index (χ3n) is 6.26. The predicted molar refractivity (Wildman–Crippen MR) is 141 cm³/mol. The fourth-order valence-electron chi connectivity index (χ4n) is 4.41. The first-order valence-electron chi connectivity index (χ1n) is 12.2. The zero-order valence-corrected chi connectivity index (χ0v) is 20.9. The molecule has 0 aromatic heterocycles. The first-order chi connectivity index (χ1) is 17.4. The molecule has 1 saturated heterocycles. The largest absolute Gasteiger partial charge is 0.466 e. The molecule has 2 atom stereocenters. The average Bonchev–Trinajstić information content (AvgIpc) is 3.13. The summed E-state index contributed by atoms with van der Waals surface area (Å²) in [6.07, 6.45) is -0.587. The van der Waals surface area contributed by atoms with Crippen LogP contribution >= 0.6 is 0 Å². The lowest BCUT2D eigenvalue weighted by molar-refractivity contribution is -0.142. The second kappa shape index (κ2) is 11.2. The number of anilines is 1. The molecule has 36 heavy (non-hydrogen) atoms. The van der Waals surface area contributed by atoms with Crippen molar-refractivity contribution in [1.82, 2.24) is 4.90 Å². The Bertz CT molecular complexity index is 1230. The van der Waals surface area contributed by atoms with Crippen LogP contribution in [0.1, 0.15) is 36.6 Å². The lowest BCUT2D eigenvalue weighted by Gasteiger charge is -2.23. The summed E-state index contributed by atoms with van der Waals surface area (Å²) in [5.41, 5.74) is 10.2. The molecule has 1 heterocycles. The molecule has 0 spiro atoms. The van der Waals surface area contributed by atoms with Gasteiger partial charge in [-0.15, -0.1) is 0 Å². The quantitative estimate of drug-likeness (QED) is 0.275. The number of nitrogens with zero attached hydrogens (tertiary/aromatic N) is 1. The molecule has 1 fully saturated rings. The Kier molecular flexibility index (Phi) is 7.83. The second-order valence-electron chi connectivity index (χ2n) is 8.87. The van der Waals surface area contributed by atoms with Crippen molar-refractivity contribution in [2.45, 2.75) is 45.8 Å². The van der Waals surface area contributed by atoms with Gasteiger partial charge < -0.3 is 19.9 Å². The molecule has 1 amide bonds. The maximum atomic E-state index is 12.8. The number of ether oxygens (including phenoxy) is 3. The highest BCUT2D eigenvalue weighted by Gasteiger charge is 2.39. The Labute approximate surface area is 212 Å². The van der Waals surface area contributed by atoms with Gasteiger partial charge in [-0.05, 0) is 43.2 Å². The van der Waals surface area contributed by atoms with E-state index >= 15 is 0 Å². The van der Waals surface area contributed by atoms with Crippen LogP contribution < -0.4 is 15.9 Å². The van der Waals surface area contributed by atoms with E-state index in [1.807, 2.05) is 49.4 Å². The molecule has 0 bridgehead atoms.